The summed E-state index contributed by atoms with van der Waals surface area (Å²) >= 11 is 7.32. The molecule has 0 aliphatic rings. The minimum Gasteiger partial charge on any atom is -0.503 e. The minimum absolute atomic E-state index is 0.105. The van der Waals surface area contributed by atoms with Gasteiger partial charge in [-0.05, 0) is 31.9 Å². The second kappa shape index (κ2) is 2.48. The molecule has 0 atom stereocenters. The fourth-order valence-corrected chi connectivity index (χ4v) is 2.90. The van der Waals surface area contributed by atoms with Crippen LogP contribution in [0.4, 0.5) is 0 Å². The molecule has 0 radical (unpaired) electrons. The first-order chi connectivity index (χ1) is 4.13. The van der Waals surface area contributed by atoms with E-state index in [4.69, 9.17) is 10.2 Å². The molecule has 0 unspecified atom stereocenters. The molecule has 0 saturated heterocycles. The lowest BCUT2D eigenvalue weighted by Crippen LogP contribution is -1.56. The van der Waals surface area contributed by atoms with Crippen LogP contribution >= 0.6 is 43.2 Å². The monoisotopic (exact) mass is 272 g/mol. The van der Waals surface area contributed by atoms with Crippen molar-refractivity contribution in [2.45, 2.75) is 0 Å². The predicted molar refractivity (Wildman–Crippen MR) is 43.0 cm³/mol. The zero-order chi connectivity index (χ0) is 7.02. The summed E-state index contributed by atoms with van der Waals surface area (Å²) in [7, 11) is 0. The number of hydrogen-bond acceptors (Lipinski definition) is 3. The van der Waals surface area contributed by atoms with Crippen molar-refractivity contribution in [1.29, 1.82) is 0 Å². The van der Waals surface area contributed by atoms with E-state index in [1.54, 1.807) is 0 Å². The van der Waals surface area contributed by atoms with Crippen LogP contribution in [0.3, 0.4) is 0 Å². The lowest BCUT2D eigenvalue weighted by atomic mass is 10.6. The zero-order valence-corrected chi connectivity index (χ0v) is 8.05. The highest BCUT2D eigenvalue weighted by molar-refractivity contribution is 9.12. The standard InChI is InChI=1S/C4H2Br2O2S/c5-3-1(7)2(8)4(6)9-3/h7-8H. The molecule has 1 aromatic rings. The number of hydrogen-bond donors (Lipinski definition) is 2. The summed E-state index contributed by atoms with van der Waals surface area (Å²) in [5.74, 6) is -0.209. The Labute approximate surface area is 72.4 Å². The first-order valence-corrected chi connectivity index (χ1v) is 4.39. The second-order valence-electron chi connectivity index (χ2n) is 1.35. The van der Waals surface area contributed by atoms with E-state index in [-0.39, 0.29) is 11.5 Å². The lowest BCUT2D eigenvalue weighted by Gasteiger charge is -1.85. The van der Waals surface area contributed by atoms with Crippen LogP contribution in [0, 0.1) is 0 Å². The molecule has 2 N–H and O–H groups in total. The number of rotatable bonds is 0. The highest BCUT2D eigenvalue weighted by Crippen LogP contribution is 2.46. The first kappa shape index (κ1) is 7.37. The SMILES string of the molecule is Oc1c(Br)sc(Br)c1O. The summed E-state index contributed by atoms with van der Waals surface area (Å²) in [4.78, 5) is 0. The molecule has 0 bridgehead atoms. The number of halogens is 2. The molecule has 5 heteroatoms. The molecule has 9 heavy (non-hydrogen) atoms. The van der Waals surface area contributed by atoms with Gasteiger partial charge >= 0.3 is 0 Å². The van der Waals surface area contributed by atoms with Crippen molar-refractivity contribution in [3.8, 4) is 11.5 Å². The van der Waals surface area contributed by atoms with Crippen LogP contribution in [-0.2, 0) is 0 Å². The predicted octanol–water partition coefficient (Wildman–Crippen LogP) is 2.68. The van der Waals surface area contributed by atoms with Crippen molar-refractivity contribution in [1.82, 2.24) is 0 Å². The molecule has 2 nitrogen and oxygen atoms in total. The lowest BCUT2D eigenvalue weighted by molar-refractivity contribution is 0.404. The molecule has 0 saturated carbocycles. The van der Waals surface area contributed by atoms with Crippen LogP contribution in [-0.4, -0.2) is 10.2 Å². The Kier molecular flexibility index (Phi) is 2.03. The van der Waals surface area contributed by atoms with Gasteiger partial charge in [-0.3, -0.25) is 0 Å². The van der Waals surface area contributed by atoms with Crippen molar-refractivity contribution in [3.63, 3.8) is 0 Å². The van der Waals surface area contributed by atoms with Gasteiger partial charge in [0.2, 0.25) is 0 Å². The first-order valence-electron chi connectivity index (χ1n) is 1.98. The quantitative estimate of drug-likeness (QED) is 0.763. The molecule has 0 spiro atoms. The fraction of sp³-hybridized carbons (Fsp3) is 0. The van der Waals surface area contributed by atoms with E-state index in [1.807, 2.05) is 0 Å². The molecule has 0 aliphatic carbocycles. The molecule has 0 aromatic carbocycles. The van der Waals surface area contributed by atoms with Crippen molar-refractivity contribution < 1.29 is 10.2 Å². The van der Waals surface area contributed by atoms with Gasteiger partial charge in [0.05, 0.1) is 0 Å². The highest BCUT2D eigenvalue weighted by atomic mass is 79.9. The molecular weight excluding hydrogens is 272 g/mol. The summed E-state index contributed by atoms with van der Waals surface area (Å²) in [6.07, 6.45) is 0. The summed E-state index contributed by atoms with van der Waals surface area (Å²) in [6, 6.07) is 0. The summed E-state index contributed by atoms with van der Waals surface area (Å²) in [6.45, 7) is 0. The van der Waals surface area contributed by atoms with Gasteiger partial charge in [0.15, 0.2) is 11.5 Å². The molecule has 1 heterocycles. The van der Waals surface area contributed by atoms with E-state index in [0.29, 0.717) is 7.57 Å². The third-order valence-electron chi connectivity index (χ3n) is 0.776. The van der Waals surface area contributed by atoms with Crippen LogP contribution in [0.15, 0.2) is 7.57 Å². The van der Waals surface area contributed by atoms with Gasteiger partial charge in [-0.15, -0.1) is 11.3 Å². The van der Waals surface area contributed by atoms with Gasteiger partial charge in [0.25, 0.3) is 0 Å². The minimum atomic E-state index is -0.105. The van der Waals surface area contributed by atoms with E-state index >= 15 is 0 Å². The van der Waals surface area contributed by atoms with Gasteiger partial charge in [-0.2, -0.15) is 0 Å². The van der Waals surface area contributed by atoms with Crippen LogP contribution in [0.5, 0.6) is 11.5 Å². The summed E-state index contributed by atoms with van der Waals surface area (Å²) < 4.78 is 1.07. The highest BCUT2D eigenvalue weighted by Gasteiger charge is 2.11. The summed E-state index contributed by atoms with van der Waals surface area (Å²) in [5, 5.41) is 17.8. The van der Waals surface area contributed by atoms with Gasteiger partial charge in [-0.1, -0.05) is 0 Å². The van der Waals surface area contributed by atoms with Gasteiger partial charge < -0.3 is 10.2 Å². The molecule has 1 aromatic heterocycles. The number of thiophene rings is 1. The van der Waals surface area contributed by atoms with Crippen LogP contribution < -0.4 is 0 Å². The Morgan fingerprint density at radius 3 is 1.44 bits per heavy atom. The van der Waals surface area contributed by atoms with Crippen LogP contribution in [0.1, 0.15) is 0 Å². The van der Waals surface area contributed by atoms with Crippen LogP contribution in [0.2, 0.25) is 0 Å². The largest absolute Gasteiger partial charge is 0.503 e. The Hall–Kier alpha value is 0.260. The molecule has 1 rings (SSSR count). The normalized spacial score (nSPS) is 10.0. The Balaban J connectivity index is 3.29. The average Bonchev–Trinajstić information content (AvgIpc) is 1.98. The van der Waals surface area contributed by atoms with Crippen molar-refractivity contribution >= 4 is 43.2 Å². The van der Waals surface area contributed by atoms with E-state index in [1.165, 1.54) is 11.3 Å². The molecule has 0 fully saturated rings. The van der Waals surface area contributed by atoms with Gasteiger partial charge in [0, 0.05) is 0 Å². The zero-order valence-electron chi connectivity index (χ0n) is 4.06. The fourth-order valence-electron chi connectivity index (χ4n) is 0.362. The third-order valence-corrected chi connectivity index (χ3v) is 3.24. The molecule has 0 aliphatic heterocycles. The molecule has 50 valence electrons. The van der Waals surface area contributed by atoms with Gasteiger partial charge in [-0.25, -0.2) is 0 Å². The van der Waals surface area contributed by atoms with Crippen molar-refractivity contribution in [3.05, 3.63) is 7.57 Å². The molecule has 0 amide bonds. The van der Waals surface area contributed by atoms with Gasteiger partial charge in [0.1, 0.15) is 7.57 Å². The van der Waals surface area contributed by atoms with E-state index in [9.17, 15) is 0 Å². The summed E-state index contributed by atoms with van der Waals surface area (Å²) in [5.41, 5.74) is 0. The second-order valence-corrected chi connectivity index (χ2v) is 5.00. The number of aromatic hydroxyl groups is 2. The topological polar surface area (TPSA) is 40.5 Å². The Morgan fingerprint density at radius 2 is 1.33 bits per heavy atom. The Bertz CT molecular complexity index is 210. The Morgan fingerprint density at radius 1 is 1.00 bits per heavy atom. The maximum atomic E-state index is 8.91. The van der Waals surface area contributed by atoms with E-state index in [0.717, 1.165) is 0 Å². The molecular formula is C4H2Br2O2S. The van der Waals surface area contributed by atoms with Crippen LogP contribution in [0.25, 0.3) is 0 Å². The van der Waals surface area contributed by atoms with E-state index in [2.05, 4.69) is 31.9 Å². The third kappa shape index (κ3) is 1.22. The average molecular weight is 274 g/mol. The van der Waals surface area contributed by atoms with Crippen molar-refractivity contribution in [2.24, 2.45) is 0 Å². The maximum Gasteiger partial charge on any atom is 0.184 e. The van der Waals surface area contributed by atoms with Crippen molar-refractivity contribution in [2.75, 3.05) is 0 Å². The van der Waals surface area contributed by atoms with E-state index < -0.39 is 0 Å². The maximum absolute atomic E-state index is 8.91. The smallest absolute Gasteiger partial charge is 0.184 e.